The molecule has 0 bridgehead atoms. The van der Waals surface area contributed by atoms with Crippen LogP contribution in [0.3, 0.4) is 0 Å². The molecule has 2 N–H and O–H groups in total. The van der Waals surface area contributed by atoms with E-state index in [4.69, 9.17) is 5.73 Å². The standard InChI is InChI=1S/C15H20BrN3O/c1-5-18-13(15(2,3)4)12(17)14(20)19(18)11-8-6-10(16)7-9-11/h6-9H,5,17H2,1-4H3. The lowest BCUT2D eigenvalue weighted by molar-refractivity contribution is 0.470. The molecule has 0 unspecified atom stereocenters. The Morgan fingerprint density at radius 1 is 1.20 bits per heavy atom. The van der Waals surface area contributed by atoms with Gasteiger partial charge in [0, 0.05) is 16.4 Å². The van der Waals surface area contributed by atoms with E-state index in [-0.39, 0.29) is 11.0 Å². The van der Waals surface area contributed by atoms with Crippen molar-refractivity contribution in [3.63, 3.8) is 0 Å². The second-order valence-electron chi connectivity index (χ2n) is 5.82. The molecule has 0 aliphatic rings. The largest absolute Gasteiger partial charge is 0.393 e. The van der Waals surface area contributed by atoms with Crippen LogP contribution in [0, 0.1) is 0 Å². The number of halogens is 1. The van der Waals surface area contributed by atoms with Crippen molar-refractivity contribution in [3.05, 3.63) is 44.8 Å². The molecule has 0 fully saturated rings. The van der Waals surface area contributed by atoms with E-state index >= 15 is 0 Å². The first-order valence-corrected chi connectivity index (χ1v) is 7.44. The van der Waals surface area contributed by atoms with Crippen LogP contribution in [-0.2, 0) is 12.0 Å². The molecule has 1 aromatic carbocycles. The van der Waals surface area contributed by atoms with E-state index in [2.05, 4.69) is 36.7 Å². The van der Waals surface area contributed by atoms with Crippen LogP contribution >= 0.6 is 15.9 Å². The van der Waals surface area contributed by atoms with E-state index in [1.165, 1.54) is 0 Å². The highest BCUT2D eigenvalue weighted by Gasteiger charge is 2.27. The summed E-state index contributed by atoms with van der Waals surface area (Å²) in [5.74, 6) is 0. The van der Waals surface area contributed by atoms with Gasteiger partial charge in [0.05, 0.1) is 11.4 Å². The van der Waals surface area contributed by atoms with Gasteiger partial charge in [0.1, 0.15) is 5.69 Å². The molecule has 1 aromatic heterocycles. The van der Waals surface area contributed by atoms with Crippen LogP contribution in [0.25, 0.3) is 5.69 Å². The summed E-state index contributed by atoms with van der Waals surface area (Å²) in [6, 6.07) is 7.65. The average molecular weight is 338 g/mol. The topological polar surface area (TPSA) is 52.9 Å². The summed E-state index contributed by atoms with van der Waals surface area (Å²) in [4.78, 5) is 12.5. The minimum atomic E-state index is -0.181. The third-order valence-electron chi connectivity index (χ3n) is 3.26. The maximum atomic E-state index is 12.5. The van der Waals surface area contributed by atoms with E-state index in [0.29, 0.717) is 12.2 Å². The zero-order valence-electron chi connectivity index (χ0n) is 12.3. The Kier molecular flexibility index (Phi) is 3.82. The minimum absolute atomic E-state index is 0.154. The minimum Gasteiger partial charge on any atom is -0.393 e. The summed E-state index contributed by atoms with van der Waals surface area (Å²) in [7, 11) is 0. The molecule has 2 rings (SSSR count). The van der Waals surface area contributed by atoms with Crippen LogP contribution in [0.15, 0.2) is 33.5 Å². The van der Waals surface area contributed by atoms with E-state index in [9.17, 15) is 4.79 Å². The third kappa shape index (κ3) is 2.42. The smallest absolute Gasteiger partial charge is 0.294 e. The Bertz CT molecular complexity index is 675. The summed E-state index contributed by atoms with van der Waals surface area (Å²) in [5, 5.41) is 0. The van der Waals surface area contributed by atoms with E-state index in [1.807, 2.05) is 35.9 Å². The lowest BCUT2D eigenvalue weighted by atomic mass is 9.91. The van der Waals surface area contributed by atoms with Crippen molar-refractivity contribution in [2.75, 3.05) is 5.73 Å². The van der Waals surface area contributed by atoms with Crippen molar-refractivity contribution < 1.29 is 0 Å². The fourth-order valence-electron chi connectivity index (χ4n) is 2.49. The van der Waals surface area contributed by atoms with Gasteiger partial charge in [0.15, 0.2) is 0 Å². The van der Waals surface area contributed by atoms with Crippen LogP contribution in [0.4, 0.5) is 5.69 Å². The summed E-state index contributed by atoms with van der Waals surface area (Å²) in [6.45, 7) is 8.90. The Hall–Kier alpha value is -1.49. The van der Waals surface area contributed by atoms with E-state index in [1.54, 1.807) is 4.68 Å². The molecule has 4 nitrogen and oxygen atoms in total. The first kappa shape index (κ1) is 14.9. The molecule has 20 heavy (non-hydrogen) atoms. The Morgan fingerprint density at radius 2 is 1.75 bits per heavy atom. The van der Waals surface area contributed by atoms with Gasteiger partial charge < -0.3 is 5.73 Å². The van der Waals surface area contributed by atoms with Crippen LogP contribution in [0.5, 0.6) is 0 Å². The Morgan fingerprint density at radius 3 is 2.20 bits per heavy atom. The summed E-state index contributed by atoms with van der Waals surface area (Å²) < 4.78 is 4.59. The lowest BCUT2D eigenvalue weighted by Gasteiger charge is -2.22. The molecule has 0 atom stereocenters. The van der Waals surface area contributed by atoms with Gasteiger partial charge in [-0.1, -0.05) is 36.7 Å². The van der Waals surface area contributed by atoms with Crippen molar-refractivity contribution in [3.8, 4) is 5.69 Å². The quantitative estimate of drug-likeness (QED) is 0.913. The van der Waals surface area contributed by atoms with Crippen molar-refractivity contribution >= 4 is 21.6 Å². The van der Waals surface area contributed by atoms with E-state index < -0.39 is 0 Å². The van der Waals surface area contributed by atoms with Crippen molar-refractivity contribution in [1.82, 2.24) is 9.36 Å². The zero-order valence-corrected chi connectivity index (χ0v) is 13.9. The number of hydrogen-bond acceptors (Lipinski definition) is 2. The van der Waals surface area contributed by atoms with Crippen LogP contribution in [0.1, 0.15) is 33.4 Å². The number of rotatable bonds is 2. The Balaban J connectivity index is 2.78. The van der Waals surface area contributed by atoms with Gasteiger partial charge >= 0.3 is 0 Å². The molecule has 0 saturated carbocycles. The molecule has 0 aliphatic carbocycles. The highest BCUT2D eigenvalue weighted by molar-refractivity contribution is 9.10. The molecule has 0 spiro atoms. The summed E-state index contributed by atoms with van der Waals surface area (Å²) >= 11 is 3.40. The fraction of sp³-hybridized carbons (Fsp3) is 0.400. The van der Waals surface area contributed by atoms with Gasteiger partial charge in [-0.25, -0.2) is 4.68 Å². The molecule has 2 aromatic rings. The second-order valence-corrected chi connectivity index (χ2v) is 6.74. The highest BCUT2D eigenvalue weighted by Crippen LogP contribution is 2.27. The maximum Gasteiger partial charge on any atom is 0.294 e. The predicted molar refractivity (Wildman–Crippen MR) is 86.5 cm³/mol. The lowest BCUT2D eigenvalue weighted by Crippen LogP contribution is -2.24. The first-order valence-electron chi connectivity index (χ1n) is 6.65. The van der Waals surface area contributed by atoms with E-state index in [0.717, 1.165) is 15.9 Å². The van der Waals surface area contributed by atoms with Crippen LogP contribution in [-0.4, -0.2) is 9.36 Å². The fourth-order valence-corrected chi connectivity index (χ4v) is 2.76. The van der Waals surface area contributed by atoms with Gasteiger partial charge in [-0.3, -0.25) is 9.48 Å². The maximum absolute atomic E-state index is 12.5. The van der Waals surface area contributed by atoms with Gasteiger partial charge in [-0.2, -0.15) is 0 Å². The molecular weight excluding hydrogens is 318 g/mol. The highest BCUT2D eigenvalue weighted by atomic mass is 79.9. The number of benzene rings is 1. The molecular formula is C15H20BrN3O. The molecule has 1 heterocycles. The van der Waals surface area contributed by atoms with Crippen molar-refractivity contribution in [2.24, 2.45) is 0 Å². The molecule has 108 valence electrons. The predicted octanol–water partition coefficient (Wildman–Crippen LogP) is 3.30. The molecule has 0 saturated heterocycles. The van der Waals surface area contributed by atoms with Gasteiger partial charge in [0.25, 0.3) is 5.56 Å². The number of nitrogens with two attached hydrogens (primary N) is 1. The molecule has 0 amide bonds. The second kappa shape index (κ2) is 5.13. The van der Waals surface area contributed by atoms with Crippen molar-refractivity contribution in [2.45, 2.75) is 39.7 Å². The molecule has 0 radical (unpaired) electrons. The number of nitrogen functional groups attached to an aromatic ring is 1. The molecule has 5 heteroatoms. The van der Waals surface area contributed by atoms with Crippen molar-refractivity contribution in [1.29, 1.82) is 0 Å². The first-order chi connectivity index (χ1) is 9.27. The number of nitrogens with zero attached hydrogens (tertiary/aromatic N) is 2. The van der Waals surface area contributed by atoms with Crippen LogP contribution < -0.4 is 11.3 Å². The van der Waals surface area contributed by atoms with Crippen LogP contribution in [0.2, 0.25) is 0 Å². The SMILES string of the molecule is CCn1c(C(C)(C)C)c(N)c(=O)n1-c1ccc(Br)cc1. The van der Waals surface area contributed by atoms with Gasteiger partial charge in [0.2, 0.25) is 0 Å². The Labute approximate surface area is 127 Å². The monoisotopic (exact) mass is 337 g/mol. The number of anilines is 1. The number of hydrogen-bond donors (Lipinski definition) is 1. The van der Waals surface area contributed by atoms with Gasteiger partial charge in [-0.05, 0) is 31.2 Å². The zero-order chi connectivity index (χ0) is 15.1. The normalized spacial score (nSPS) is 11.8. The van der Waals surface area contributed by atoms with Gasteiger partial charge in [-0.15, -0.1) is 0 Å². The molecule has 0 aliphatic heterocycles. The summed E-state index contributed by atoms with van der Waals surface area (Å²) in [6.07, 6.45) is 0. The number of aromatic nitrogens is 2. The third-order valence-corrected chi connectivity index (χ3v) is 3.79. The summed E-state index contributed by atoms with van der Waals surface area (Å²) in [5.41, 5.74) is 7.77. The average Bonchev–Trinajstić information content (AvgIpc) is 2.62.